The van der Waals surface area contributed by atoms with E-state index in [-0.39, 0.29) is 5.91 Å². The van der Waals surface area contributed by atoms with E-state index in [1.165, 1.54) is 21.6 Å². The van der Waals surface area contributed by atoms with Crippen LogP contribution >= 0.6 is 11.3 Å². The van der Waals surface area contributed by atoms with Crippen molar-refractivity contribution < 1.29 is 4.79 Å². The largest absolute Gasteiger partial charge is 0.338 e. The zero-order valence-electron chi connectivity index (χ0n) is 13.5. The SMILES string of the molecule is Cc1cc(-c2ccc3c(c2)CCNC3)sc1C(=O)N1CCCC1. The van der Waals surface area contributed by atoms with Crippen LogP contribution in [-0.2, 0) is 13.0 Å². The molecule has 2 aromatic rings. The van der Waals surface area contributed by atoms with Crippen LogP contribution in [0.15, 0.2) is 24.3 Å². The Morgan fingerprint density at radius 1 is 1.17 bits per heavy atom. The molecule has 0 saturated carbocycles. The van der Waals surface area contributed by atoms with E-state index < -0.39 is 0 Å². The fourth-order valence-corrected chi connectivity index (χ4v) is 4.67. The Labute approximate surface area is 141 Å². The van der Waals surface area contributed by atoms with Crippen molar-refractivity contribution in [3.63, 3.8) is 0 Å². The Morgan fingerprint density at radius 3 is 2.83 bits per heavy atom. The van der Waals surface area contributed by atoms with E-state index in [0.29, 0.717) is 0 Å². The molecule has 1 fully saturated rings. The zero-order valence-corrected chi connectivity index (χ0v) is 14.3. The highest BCUT2D eigenvalue weighted by Crippen LogP contribution is 2.34. The molecule has 23 heavy (non-hydrogen) atoms. The molecule has 120 valence electrons. The van der Waals surface area contributed by atoms with Gasteiger partial charge in [0.1, 0.15) is 0 Å². The van der Waals surface area contributed by atoms with Crippen LogP contribution < -0.4 is 5.32 Å². The Bertz CT molecular complexity index is 744. The Kier molecular flexibility index (Phi) is 3.95. The monoisotopic (exact) mass is 326 g/mol. The van der Waals surface area contributed by atoms with Crippen LogP contribution in [0.2, 0.25) is 0 Å². The van der Waals surface area contributed by atoms with Gasteiger partial charge in [-0.15, -0.1) is 11.3 Å². The van der Waals surface area contributed by atoms with Crippen LogP contribution in [0.4, 0.5) is 0 Å². The molecule has 3 nitrogen and oxygen atoms in total. The Balaban J connectivity index is 1.65. The number of nitrogens with one attached hydrogen (secondary N) is 1. The summed E-state index contributed by atoms with van der Waals surface area (Å²) in [5.41, 5.74) is 5.21. The summed E-state index contributed by atoms with van der Waals surface area (Å²) in [4.78, 5) is 16.8. The number of amides is 1. The summed E-state index contributed by atoms with van der Waals surface area (Å²) in [7, 11) is 0. The maximum absolute atomic E-state index is 12.7. The summed E-state index contributed by atoms with van der Waals surface area (Å²) in [6.07, 6.45) is 3.37. The maximum atomic E-state index is 12.7. The topological polar surface area (TPSA) is 32.3 Å². The summed E-state index contributed by atoms with van der Waals surface area (Å²) in [5, 5.41) is 3.41. The third-order valence-corrected chi connectivity index (χ3v) is 6.16. The van der Waals surface area contributed by atoms with Crippen molar-refractivity contribution >= 4 is 17.2 Å². The van der Waals surface area contributed by atoms with Crippen LogP contribution in [-0.4, -0.2) is 30.4 Å². The number of rotatable bonds is 2. The first-order chi connectivity index (χ1) is 11.2. The first kappa shape index (κ1) is 14.9. The molecule has 0 aliphatic carbocycles. The Hall–Kier alpha value is -1.65. The predicted octanol–water partition coefficient (Wildman–Crippen LogP) is 3.61. The van der Waals surface area contributed by atoms with E-state index in [1.807, 2.05) is 4.90 Å². The molecule has 2 aliphatic heterocycles. The van der Waals surface area contributed by atoms with E-state index >= 15 is 0 Å². The van der Waals surface area contributed by atoms with Crippen molar-refractivity contribution in [2.45, 2.75) is 32.7 Å². The minimum atomic E-state index is 0.221. The number of benzene rings is 1. The number of nitrogens with zero attached hydrogens (tertiary/aromatic N) is 1. The molecule has 4 rings (SSSR count). The molecule has 1 saturated heterocycles. The minimum absolute atomic E-state index is 0.221. The molecule has 0 unspecified atom stereocenters. The highest BCUT2D eigenvalue weighted by molar-refractivity contribution is 7.17. The number of thiophene rings is 1. The summed E-state index contributed by atoms with van der Waals surface area (Å²) in [6, 6.07) is 8.91. The molecule has 1 aromatic carbocycles. The third-order valence-electron chi connectivity index (χ3n) is 4.88. The fraction of sp³-hybridized carbons (Fsp3) is 0.421. The minimum Gasteiger partial charge on any atom is -0.338 e. The zero-order chi connectivity index (χ0) is 15.8. The van der Waals surface area contributed by atoms with Gasteiger partial charge in [0.05, 0.1) is 4.88 Å². The van der Waals surface area contributed by atoms with Crippen LogP contribution in [0, 0.1) is 6.92 Å². The van der Waals surface area contributed by atoms with Crippen molar-refractivity contribution in [2.75, 3.05) is 19.6 Å². The lowest BCUT2D eigenvalue weighted by atomic mass is 9.98. The van der Waals surface area contributed by atoms with Gasteiger partial charge in [-0.2, -0.15) is 0 Å². The van der Waals surface area contributed by atoms with Crippen molar-refractivity contribution in [2.24, 2.45) is 0 Å². The number of hydrogen-bond acceptors (Lipinski definition) is 3. The molecule has 3 heterocycles. The van der Waals surface area contributed by atoms with Gasteiger partial charge in [-0.3, -0.25) is 4.79 Å². The second-order valence-corrected chi connectivity index (χ2v) is 7.58. The van der Waals surface area contributed by atoms with Gasteiger partial charge >= 0.3 is 0 Å². The highest BCUT2D eigenvalue weighted by atomic mass is 32.1. The number of hydrogen-bond donors (Lipinski definition) is 1. The van der Waals surface area contributed by atoms with Gasteiger partial charge in [0.2, 0.25) is 0 Å². The normalized spacial score (nSPS) is 17.3. The van der Waals surface area contributed by atoms with E-state index in [2.05, 4.69) is 36.5 Å². The average molecular weight is 326 g/mol. The van der Waals surface area contributed by atoms with Crippen LogP contribution in [0.1, 0.15) is 39.2 Å². The van der Waals surface area contributed by atoms with Gasteiger partial charge in [-0.25, -0.2) is 0 Å². The standard InChI is InChI=1S/C19H22N2OS/c1-13-10-17(23-18(13)19(22)21-8-2-3-9-21)15-4-5-16-12-20-7-6-14(16)11-15/h4-5,10-11,20H,2-3,6-9,12H2,1H3. The average Bonchev–Trinajstić information content (AvgIpc) is 3.23. The van der Waals surface area contributed by atoms with E-state index in [0.717, 1.165) is 55.9 Å². The second-order valence-electron chi connectivity index (χ2n) is 6.53. The lowest BCUT2D eigenvalue weighted by Crippen LogP contribution is -2.27. The van der Waals surface area contributed by atoms with Gasteiger partial charge in [-0.1, -0.05) is 12.1 Å². The third kappa shape index (κ3) is 2.81. The fourth-order valence-electron chi connectivity index (χ4n) is 3.53. The summed E-state index contributed by atoms with van der Waals surface area (Å²) < 4.78 is 0. The van der Waals surface area contributed by atoms with Gasteiger partial charge < -0.3 is 10.2 Å². The number of likely N-dealkylation sites (tertiary alicyclic amines) is 1. The van der Waals surface area contributed by atoms with Crippen molar-refractivity contribution in [1.29, 1.82) is 0 Å². The van der Waals surface area contributed by atoms with E-state index in [9.17, 15) is 4.79 Å². The molecule has 1 N–H and O–H groups in total. The number of carbonyl (C=O) groups is 1. The molecule has 4 heteroatoms. The van der Waals surface area contributed by atoms with Gasteiger partial charge in [-0.05, 0) is 67.1 Å². The molecule has 0 bridgehead atoms. The van der Waals surface area contributed by atoms with Crippen molar-refractivity contribution in [3.05, 3.63) is 45.8 Å². The van der Waals surface area contributed by atoms with Crippen molar-refractivity contribution in [1.82, 2.24) is 10.2 Å². The van der Waals surface area contributed by atoms with Crippen LogP contribution in [0.25, 0.3) is 10.4 Å². The van der Waals surface area contributed by atoms with Gasteiger partial charge in [0.25, 0.3) is 5.91 Å². The van der Waals surface area contributed by atoms with E-state index in [1.54, 1.807) is 11.3 Å². The van der Waals surface area contributed by atoms with Gasteiger partial charge in [0.15, 0.2) is 0 Å². The van der Waals surface area contributed by atoms with Crippen LogP contribution in [0.3, 0.4) is 0 Å². The lowest BCUT2D eigenvalue weighted by molar-refractivity contribution is 0.0797. The molecule has 1 amide bonds. The summed E-state index contributed by atoms with van der Waals surface area (Å²) >= 11 is 1.65. The molecule has 1 aromatic heterocycles. The smallest absolute Gasteiger partial charge is 0.264 e. The summed E-state index contributed by atoms with van der Waals surface area (Å²) in [6.45, 7) is 5.91. The predicted molar refractivity (Wildman–Crippen MR) is 95.0 cm³/mol. The second kappa shape index (κ2) is 6.10. The first-order valence-corrected chi connectivity index (χ1v) is 9.26. The molecule has 0 atom stereocenters. The number of aryl methyl sites for hydroxylation is 1. The maximum Gasteiger partial charge on any atom is 0.264 e. The van der Waals surface area contributed by atoms with Crippen LogP contribution in [0.5, 0.6) is 0 Å². The molecule has 0 spiro atoms. The first-order valence-electron chi connectivity index (χ1n) is 8.45. The summed E-state index contributed by atoms with van der Waals surface area (Å²) in [5.74, 6) is 0.221. The van der Waals surface area contributed by atoms with E-state index in [4.69, 9.17) is 0 Å². The quantitative estimate of drug-likeness (QED) is 0.914. The van der Waals surface area contributed by atoms with Gasteiger partial charge in [0, 0.05) is 24.5 Å². The molecule has 0 radical (unpaired) electrons. The number of fused-ring (bicyclic) bond motifs is 1. The number of carbonyl (C=O) groups excluding carboxylic acids is 1. The molecular formula is C19H22N2OS. The lowest BCUT2D eigenvalue weighted by Gasteiger charge is -2.17. The van der Waals surface area contributed by atoms with Crippen molar-refractivity contribution in [3.8, 4) is 10.4 Å². The highest BCUT2D eigenvalue weighted by Gasteiger charge is 2.23. The Morgan fingerprint density at radius 2 is 2.00 bits per heavy atom. The molecule has 2 aliphatic rings. The molecular weight excluding hydrogens is 304 g/mol.